The van der Waals surface area contributed by atoms with Crippen molar-refractivity contribution in [3.8, 4) is 27.9 Å². The Bertz CT molecular complexity index is 4000. The van der Waals surface area contributed by atoms with Crippen molar-refractivity contribution in [1.82, 2.24) is 4.57 Å². The molecule has 1 aromatic heterocycles. The highest BCUT2D eigenvalue weighted by Gasteiger charge is 2.21. The minimum absolute atomic E-state index is 1.09. The number of aromatic nitrogens is 1. The number of hydrogen-bond donors (Lipinski definition) is 0. The van der Waals surface area contributed by atoms with Crippen LogP contribution in [-0.2, 0) is 0 Å². The molecular formula is C66H45N3. The fourth-order valence-electron chi connectivity index (χ4n) is 10.5. The molecule has 0 aliphatic heterocycles. The van der Waals surface area contributed by atoms with Gasteiger partial charge in [-0.05, 0) is 129 Å². The van der Waals surface area contributed by atoms with Crippen molar-refractivity contribution in [2.45, 2.75) is 0 Å². The number of rotatable bonds is 9. The second kappa shape index (κ2) is 16.9. The molecule has 3 nitrogen and oxygen atoms in total. The minimum atomic E-state index is 1.09. The lowest BCUT2D eigenvalue weighted by Crippen LogP contribution is -2.11. The van der Waals surface area contributed by atoms with E-state index in [-0.39, 0.29) is 0 Å². The monoisotopic (exact) mass is 879 g/mol. The second-order valence-corrected chi connectivity index (χ2v) is 17.7. The van der Waals surface area contributed by atoms with Gasteiger partial charge in [0.15, 0.2) is 0 Å². The van der Waals surface area contributed by atoms with Crippen molar-refractivity contribution < 1.29 is 0 Å². The molecule has 324 valence electrons. The third-order valence-corrected chi connectivity index (χ3v) is 13.7. The summed E-state index contributed by atoms with van der Waals surface area (Å²) in [4.78, 5) is 4.83. The highest BCUT2D eigenvalue weighted by atomic mass is 15.2. The van der Waals surface area contributed by atoms with Crippen molar-refractivity contribution in [3.63, 3.8) is 0 Å². The summed E-state index contributed by atoms with van der Waals surface area (Å²) in [6, 6.07) is 99.2. The smallest absolute Gasteiger partial charge is 0.0542 e. The number of hydrogen-bond acceptors (Lipinski definition) is 2. The summed E-state index contributed by atoms with van der Waals surface area (Å²) in [6.45, 7) is 0. The SMILES string of the molecule is c1ccc(-c2ccc(N(c3ccc(-c4ccc(N(c5ccc6ccccc6c5)c5ccc6c(c5)c5ccccc5n6-c5ccccc5)c5ccccc45)cc3)c3cccc4ccccc34)cc2)cc1. The number of para-hydroxylation sites is 2. The van der Waals surface area contributed by atoms with Gasteiger partial charge < -0.3 is 14.4 Å². The Labute approximate surface area is 401 Å². The van der Waals surface area contributed by atoms with Gasteiger partial charge in [0, 0.05) is 50.0 Å². The van der Waals surface area contributed by atoms with E-state index in [2.05, 4.69) is 287 Å². The number of fused-ring (bicyclic) bond motifs is 6. The quantitative estimate of drug-likeness (QED) is 0.143. The van der Waals surface area contributed by atoms with Crippen molar-refractivity contribution in [2.24, 2.45) is 0 Å². The van der Waals surface area contributed by atoms with Crippen LogP contribution in [0.1, 0.15) is 0 Å². The van der Waals surface area contributed by atoms with Crippen LogP contribution in [0.15, 0.2) is 273 Å². The first-order chi connectivity index (χ1) is 34.2. The van der Waals surface area contributed by atoms with Gasteiger partial charge in [0.2, 0.25) is 0 Å². The maximum Gasteiger partial charge on any atom is 0.0542 e. The summed E-state index contributed by atoms with van der Waals surface area (Å²) in [6.07, 6.45) is 0. The van der Waals surface area contributed by atoms with E-state index in [4.69, 9.17) is 0 Å². The number of nitrogens with zero attached hydrogens (tertiary/aromatic N) is 3. The Hall–Kier alpha value is -9.18. The lowest BCUT2D eigenvalue weighted by atomic mass is 9.95. The molecule has 3 heteroatoms. The normalized spacial score (nSPS) is 11.5. The van der Waals surface area contributed by atoms with E-state index in [1.807, 2.05) is 0 Å². The van der Waals surface area contributed by atoms with E-state index >= 15 is 0 Å². The van der Waals surface area contributed by atoms with Crippen molar-refractivity contribution >= 4 is 88.2 Å². The molecule has 0 saturated heterocycles. The molecule has 0 saturated carbocycles. The lowest BCUT2D eigenvalue weighted by Gasteiger charge is -2.28. The minimum Gasteiger partial charge on any atom is -0.310 e. The van der Waals surface area contributed by atoms with Gasteiger partial charge in [0.05, 0.1) is 22.4 Å². The van der Waals surface area contributed by atoms with Gasteiger partial charge in [0.1, 0.15) is 0 Å². The number of anilines is 6. The van der Waals surface area contributed by atoms with E-state index in [1.54, 1.807) is 0 Å². The predicted octanol–water partition coefficient (Wildman–Crippen LogP) is 18.5. The fourth-order valence-corrected chi connectivity index (χ4v) is 10.5. The molecule has 0 amide bonds. The molecule has 1 heterocycles. The first kappa shape index (κ1) is 40.1. The van der Waals surface area contributed by atoms with E-state index < -0.39 is 0 Å². The van der Waals surface area contributed by atoms with E-state index in [0.29, 0.717) is 0 Å². The van der Waals surface area contributed by atoms with Gasteiger partial charge in [-0.2, -0.15) is 0 Å². The maximum atomic E-state index is 2.45. The van der Waals surface area contributed by atoms with E-state index in [9.17, 15) is 0 Å². The standard InChI is InChI=1S/C66H45N3/c1-3-16-46(17-4-1)48-30-35-53(36-31-48)67(63-29-15-21-49-19-9-10-24-58(49)63)54-37-33-50(34-38-54)57-41-43-65(60-26-12-11-25-59(57)60)68(55-39-32-47-18-7-8-20-51(47)44-55)56-40-42-66-62(45-56)61-27-13-14-28-64(61)69(66)52-22-5-2-6-23-52/h1-45H. The zero-order valence-corrected chi connectivity index (χ0v) is 37.8. The molecule has 13 rings (SSSR count). The highest BCUT2D eigenvalue weighted by molar-refractivity contribution is 6.12. The Balaban J connectivity index is 0.943. The van der Waals surface area contributed by atoms with Crippen LogP contribution in [0.5, 0.6) is 0 Å². The second-order valence-electron chi connectivity index (χ2n) is 17.7. The Morgan fingerprint density at radius 1 is 0.246 bits per heavy atom. The van der Waals surface area contributed by atoms with Crippen LogP contribution in [0.3, 0.4) is 0 Å². The topological polar surface area (TPSA) is 11.4 Å². The highest BCUT2D eigenvalue weighted by Crippen LogP contribution is 2.46. The van der Waals surface area contributed by atoms with Crippen LogP contribution in [0.25, 0.3) is 82.1 Å². The average molecular weight is 880 g/mol. The zero-order valence-electron chi connectivity index (χ0n) is 37.8. The Morgan fingerprint density at radius 3 is 1.52 bits per heavy atom. The molecule has 0 bridgehead atoms. The molecular weight excluding hydrogens is 835 g/mol. The molecule has 0 N–H and O–H groups in total. The Morgan fingerprint density at radius 2 is 0.754 bits per heavy atom. The molecule has 0 atom stereocenters. The summed E-state index contributed by atoms with van der Waals surface area (Å²) >= 11 is 0. The molecule has 0 unspecified atom stereocenters. The van der Waals surface area contributed by atoms with Crippen LogP contribution in [0.2, 0.25) is 0 Å². The van der Waals surface area contributed by atoms with Crippen molar-refractivity contribution in [2.75, 3.05) is 9.80 Å². The summed E-state index contributed by atoms with van der Waals surface area (Å²) in [5.41, 5.74) is 14.9. The third-order valence-electron chi connectivity index (χ3n) is 13.7. The van der Waals surface area contributed by atoms with Crippen LogP contribution in [-0.4, -0.2) is 4.57 Å². The lowest BCUT2D eigenvalue weighted by molar-refractivity contribution is 1.18. The molecule has 13 aromatic rings. The molecule has 0 fully saturated rings. The summed E-state index contributed by atoms with van der Waals surface area (Å²) in [5.74, 6) is 0. The largest absolute Gasteiger partial charge is 0.310 e. The van der Waals surface area contributed by atoms with E-state index in [0.717, 1.165) is 45.4 Å². The van der Waals surface area contributed by atoms with Gasteiger partial charge in [-0.15, -0.1) is 0 Å². The predicted molar refractivity (Wildman–Crippen MR) is 294 cm³/mol. The molecule has 0 aliphatic carbocycles. The summed E-state index contributed by atoms with van der Waals surface area (Å²) in [5, 5.41) is 9.64. The molecule has 12 aromatic carbocycles. The Kier molecular flexibility index (Phi) is 9.84. The molecule has 0 spiro atoms. The van der Waals surface area contributed by atoms with Crippen molar-refractivity contribution in [3.05, 3.63) is 273 Å². The van der Waals surface area contributed by atoms with Gasteiger partial charge >= 0.3 is 0 Å². The van der Waals surface area contributed by atoms with Crippen LogP contribution in [0.4, 0.5) is 34.1 Å². The zero-order chi connectivity index (χ0) is 45.7. The maximum absolute atomic E-state index is 2.45. The molecule has 0 aliphatic rings. The van der Waals surface area contributed by atoms with Crippen LogP contribution in [0, 0.1) is 0 Å². The van der Waals surface area contributed by atoms with Gasteiger partial charge in [-0.1, -0.05) is 188 Å². The van der Waals surface area contributed by atoms with Gasteiger partial charge in [-0.3, -0.25) is 0 Å². The van der Waals surface area contributed by atoms with E-state index in [1.165, 1.54) is 70.8 Å². The first-order valence-corrected chi connectivity index (χ1v) is 23.7. The average Bonchev–Trinajstić information content (AvgIpc) is 3.76. The number of benzene rings is 12. The first-order valence-electron chi connectivity index (χ1n) is 23.7. The van der Waals surface area contributed by atoms with Crippen LogP contribution < -0.4 is 9.80 Å². The molecule has 0 radical (unpaired) electrons. The fraction of sp³-hybridized carbons (Fsp3) is 0. The summed E-state index contributed by atoms with van der Waals surface area (Å²) in [7, 11) is 0. The third kappa shape index (κ3) is 7.08. The summed E-state index contributed by atoms with van der Waals surface area (Å²) < 4.78 is 2.38. The van der Waals surface area contributed by atoms with Crippen LogP contribution >= 0.6 is 0 Å². The van der Waals surface area contributed by atoms with Gasteiger partial charge in [0.25, 0.3) is 0 Å². The van der Waals surface area contributed by atoms with Crippen molar-refractivity contribution in [1.29, 1.82) is 0 Å². The van der Waals surface area contributed by atoms with Gasteiger partial charge in [-0.25, -0.2) is 0 Å². The molecule has 69 heavy (non-hydrogen) atoms.